The van der Waals surface area contributed by atoms with E-state index in [9.17, 15) is 9.18 Å². The van der Waals surface area contributed by atoms with Crippen LogP contribution < -0.4 is 5.32 Å². The summed E-state index contributed by atoms with van der Waals surface area (Å²) in [5, 5.41) is 6.11. The second-order valence-corrected chi connectivity index (χ2v) is 3.67. The molecule has 1 amide bonds. The molecule has 0 spiro atoms. The third-order valence-corrected chi connectivity index (χ3v) is 2.20. The SMILES string of the molecule is Cc1cc(NC(=O)/C=C/c2ccccc2F)no1. The van der Waals surface area contributed by atoms with Crippen LogP contribution in [0.3, 0.4) is 0 Å². The van der Waals surface area contributed by atoms with Crippen molar-refractivity contribution < 1.29 is 13.7 Å². The Kier molecular flexibility index (Phi) is 3.52. The molecule has 1 aromatic carbocycles. The predicted molar refractivity (Wildman–Crippen MR) is 65.3 cm³/mol. The highest BCUT2D eigenvalue weighted by Crippen LogP contribution is 2.09. The largest absolute Gasteiger partial charge is 0.360 e. The Labute approximate surface area is 103 Å². The van der Waals surface area contributed by atoms with Gasteiger partial charge in [-0.05, 0) is 19.1 Å². The average molecular weight is 246 g/mol. The average Bonchev–Trinajstić information content (AvgIpc) is 2.74. The van der Waals surface area contributed by atoms with E-state index in [0.717, 1.165) is 0 Å². The summed E-state index contributed by atoms with van der Waals surface area (Å²) in [6.45, 7) is 1.72. The number of hydrogen-bond acceptors (Lipinski definition) is 3. The molecular formula is C13H11FN2O2. The summed E-state index contributed by atoms with van der Waals surface area (Å²) < 4.78 is 18.1. The van der Waals surface area contributed by atoms with Gasteiger partial charge in [0, 0.05) is 17.7 Å². The van der Waals surface area contributed by atoms with Crippen molar-refractivity contribution in [3.63, 3.8) is 0 Å². The first-order valence-electron chi connectivity index (χ1n) is 5.32. The highest BCUT2D eigenvalue weighted by Gasteiger charge is 2.03. The number of aryl methyl sites for hydroxylation is 1. The first kappa shape index (κ1) is 12.0. The van der Waals surface area contributed by atoms with Gasteiger partial charge in [-0.25, -0.2) is 4.39 Å². The second-order valence-electron chi connectivity index (χ2n) is 3.67. The standard InChI is InChI=1S/C13H11FN2O2/c1-9-8-12(16-18-9)15-13(17)7-6-10-4-2-3-5-11(10)14/h2-8H,1H3,(H,15,16,17)/b7-6+. The van der Waals surface area contributed by atoms with E-state index in [1.807, 2.05) is 0 Å². The molecular weight excluding hydrogens is 235 g/mol. The van der Waals surface area contributed by atoms with Crippen LogP contribution in [-0.4, -0.2) is 11.1 Å². The Morgan fingerprint density at radius 3 is 2.89 bits per heavy atom. The number of hydrogen-bond donors (Lipinski definition) is 1. The van der Waals surface area contributed by atoms with E-state index in [-0.39, 0.29) is 5.82 Å². The zero-order valence-corrected chi connectivity index (χ0v) is 9.68. The quantitative estimate of drug-likeness (QED) is 0.847. The normalized spacial score (nSPS) is 10.8. The third kappa shape index (κ3) is 3.04. The number of aromatic nitrogens is 1. The molecule has 0 aliphatic heterocycles. The van der Waals surface area contributed by atoms with Crippen LogP contribution in [0.15, 0.2) is 40.9 Å². The fourth-order valence-corrected chi connectivity index (χ4v) is 1.37. The minimum atomic E-state index is -0.397. The summed E-state index contributed by atoms with van der Waals surface area (Å²) in [6.07, 6.45) is 2.64. The van der Waals surface area contributed by atoms with Crippen molar-refractivity contribution in [3.8, 4) is 0 Å². The van der Waals surface area contributed by atoms with Crippen molar-refractivity contribution in [3.05, 3.63) is 53.5 Å². The molecule has 0 saturated heterocycles. The van der Waals surface area contributed by atoms with Gasteiger partial charge in [-0.1, -0.05) is 23.4 Å². The van der Waals surface area contributed by atoms with Gasteiger partial charge in [-0.15, -0.1) is 0 Å². The molecule has 0 unspecified atom stereocenters. The molecule has 5 heteroatoms. The first-order valence-corrected chi connectivity index (χ1v) is 5.32. The molecule has 92 valence electrons. The van der Waals surface area contributed by atoms with E-state index in [0.29, 0.717) is 17.1 Å². The summed E-state index contributed by atoms with van der Waals surface area (Å²) in [5.74, 6) is 0.157. The van der Waals surface area contributed by atoms with E-state index < -0.39 is 5.91 Å². The Bertz CT molecular complexity index is 590. The first-order chi connectivity index (χ1) is 8.65. The highest BCUT2D eigenvalue weighted by atomic mass is 19.1. The maximum absolute atomic E-state index is 13.3. The second kappa shape index (κ2) is 5.27. The van der Waals surface area contributed by atoms with Crippen molar-refractivity contribution in [2.45, 2.75) is 6.92 Å². The van der Waals surface area contributed by atoms with Crippen molar-refractivity contribution in [2.24, 2.45) is 0 Å². The monoisotopic (exact) mass is 246 g/mol. The molecule has 0 saturated carbocycles. The van der Waals surface area contributed by atoms with Gasteiger partial charge in [-0.3, -0.25) is 4.79 Å². The fourth-order valence-electron chi connectivity index (χ4n) is 1.37. The number of carbonyl (C=O) groups is 1. The highest BCUT2D eigenvalue weighted by molar-refractivity contribution is 6.01. The maximum atomic E-state index is 13.3. The van der Waals surface area contributed by atoms with Gasteiger partial charge in [0.25, 0.3) is 0 Å². The Hall–Kier alpha value is -2.43. The van der Waals surface area contributed by atoms with Crippen LogP contribution >= 0.6 is 0 Å². The van der Waals surface area contributed by atoms with E-state index in [1.54, 1.807) is 31.2 Å². The van der Waals surface area contributed by atoms with Gasteiger partial charge in [0.1, 0.15) is 11.6 Å². The van der Waals surface area contributed by atoms with Crippen LogP contribution in [0, 0.1) is 12.7 Å². The number of nitrogens with one attached hydrogen (secondary N) is 1. The molecule has 2 rings (SSSR count). The molecule has 2 aromatic rings. The lowest BCUT2D eigenvalue weighted by molar-refractivity contribution is -0.111. The smallest absolute Gasteiger partial charge is 0.249 e. The Morgan fingerprint density at radius 1 is 1.44 bits per heavy atom. The maximum Gasteiger partial charge on any atom is 0.249 e. The van der Waals surface area contributed by atoms with Gasteiger partial charge in [-0.2, -0.15) is 0 Å². The molecule has 0 atom stereocenters. The van der Waals surface area contributed by atoms with Crippen molar-refractivity contribution in [1.82, 2.24) is 5.16 Å². The van der Waals surface area contributed by atoms with E-state index in [4.69, 9.17) is 4.52 Å². The fraction of sp³-hybridized carbons (Fsp3) is 0.0769. The summed E-state index contributed by atoms with van der Waals surface area (Å²) in [5.41, 5.74) is 0.351. The molecule has 18 heavy (non-hydrogen) atoms. The molecule has 1 heterocycles. The number of nitrogens with zero attached hydrogens (tertiary/aromatic N) is 1. The van der Waals surface area contributed by atoms with Gasteiger partial charge >= 0.3 is 0 Å². The molecule has 0 aliphatic rings. The molecule has 1 N–H and O–H groups in total. The van der Waals surface area contributed by atoms with E-state index >= 15 is 0 Å². The topological polar surface area (TPSA) is 55.1 Å². The van der Waals surface area contributed by atoms with Gasteiger partial charge in [0.05, 0.1) is 0 Å². The van der Waals surface area contributed by atoms with Crippen molar-refractivity contribution >= 4 is 17.8 Å². The number of rotatable bonds is 3. The zero-order valence-electron chi connectivity index (χ0n) is 9.68. The van der Waals surface area contributed by atoms with Gasteiger partial charge in [0.2, 0.25) is 5.91 Å². The van der Waals surface area contributed by atoms with E-state index in [2.05, 4.69) is 10.5 Å². The van der Waals surface area contributed by atoms with E-state index in [1.165, 1.54) is 18.2 Å². The lowest BCUT2D eigenvalue weighted by Gasteiger charge is -1.96. The van der Waals surface area contributed by atoms with Crippen LogP contribution in [0.5, 0.6) is 0 Å². The van der Waals surface area contributed by atoms with Crippen LogP contribution in [0.1, 0.15) is 11.3 Å². The van der Waals surface area contributed by atoms with Crippen molar-refractivity contribution in [1.29, 1.82) is 0 Å². The number of anilines is 1. The molecule has 1 aromatic heterocycles. The third-order valence-electron chi connectivity index (χ3n) is 2.20. The van der Waals surface area contributed by atoms with Crippen LogP contribution in [-0.2, 0) is 4.79 Å². The molecule has 4 nitrogen and oxygen atoms in total. The number of carbonyl (C=O) groups excluding carboxylic acids is 1. The number of amides is 1. The molecule has 0 fully saturated rings. The Morgan fingerprint density at radius 2 is 2.22 bits per heavy atom. The van der Waals surface area contributed by atoms with Crippen LogP contribution in [0.4, 0.5) is 10.2 Å². The Balaban J connectivity index is 2.01. The van der Waals surface area contributed by atoms with Crippen LogP contribution in [0.25, 0.3) is 6.08 Å². The van der Waals surface area contributed by atoms with Crippen LogP contribution in [0.2, 0.25) is 0 Å². The number of benzene rings is 1. The molecule has 0 bridgehead atoms. The summed E-state index contributed by atoms with van der Waals surface area (Å²) in [7, 11) is 0. The summed E-state index contributed by atoms with van der Waals surface area (Å²) in [6, 6.07) is 7.79. The molecule has 0 radical (unpaired) electrons. The van der Waals surface area contributed by atoms with Crippen molar-refractivity contribution in [2.75, 3.05) is 5.32 Å². The molecule has 0 aliphatic carbocycles. The minimum Gasteiger partial charge on any atom is -0.360 e. The minimum absolute atomic E-state index is 0.329. The van der Waals surface area contributed by atoms with Gasteiger partial charge in [0.15, 0.2) is 5.82 Å². The summed E-state index contributed by atoms with van der Waals surface area (Å²) in [4.78, 5) is 11.5. The zero-order chi connectivity index (χ0) is 13.0. The lowest BCUT2D eigenvalue weighted by atomic mass is 10.2. The summed E-state index contributed by atoms with van der Waals surface area (Å²) >= 11 is 0. The lowest BCUT2D eigenvalue weighted by Crippen LogP contribution is -2.07. The van der Waals surface area contributed by atoms with Gasteiger partial charge < -0.3 is 9.84 Å². The predicted octanol–water partition coefficient (Wildman–Crippen LogP) is 2.77. The number of halogens is 1.